The SMILES string of the molecule is CCCSc1nc(N2C[CH]CCC2)ccc1C(=O)NC1CCOCC1. The summed E-state index contributed by atoms with van der Waals surface area (Å²) in [6.07, 6.45) is 7.49. The van der Waals surface area contributed by atoms with Gasteiger partial charge in [0.1, 0.15) is 10.8 Å². The summed E-state index contributed by atoms with van der Waals surface area (Å²) >= 11 is 1.68. The van der Waals surface area contributed by atoms with Crippen LogP contribution in [0.5, 0.6) is 0 Å². The smallest absolute Gasteiger partial charge is 0.254 e. The van der Waals surface area contributed by atoms with Gasteiger partial charge in [0, 0.05) is 32.3 Å². The summed E-state index contributed by atoms with van der Waals surface area (Å²) in [6.45, 7) is 5.59. The highest BCUT2D eigenvalue weighted by Gasteiger charge is 2.21. The van der Waals surface area contributed by atoms with Crippen LogP contribution in [0, 0.1) is 6.42 Å². The largest absolute Gasteiger partial charge is 0.381 e. The summed E-state index contributed by atoms with van der Waals surface area (Å²) < 4.78 is 5.37. The van der Waals surface area contributed by atoms with Gasteiger partial charge in [-0.1, -0.05) is 6.92 Å². The lowest BCUT2D eigenvalue weighted by Crippen LogP contribution is -2.39. The van der Waals surface area contributed by atoms with Crippen molar-refractivity contribution in [1.82, 2.24) is 10.3 Å². The van der Waals surface area contributed by atoms with Crippen molar-refractivity contribution in [1.29, 1.82) is 0 Å². The van der Waals surface area contributed by atoms with Gasteiger partial charge in [-0.15, -0.1) is 11.8 Å². The van der Waals surface area contributed by atoms with Crippen molar-refractivity contribution in [3.05, 3.63) is 24.1 Å². The second-order valence-electron chi connectivity index (χ2n) is 6.61. The van der Waals surface area contributed by atoms with E-state index in [9.17, 15) is 4.79 Å². The van der Waals surface area contributed by atoms with E-state index >= 15 is 0 Å². The summed E-state index contributed by atoms with van der Waals surface area (Å²) in [4.78, 5) is 19.9. The average molecular weight is 363 g/mol. The zero-order chi connectivity index (χ0) is 17.5. The van der Waals surface area contributed by atoms with E-state index in [2.05, 4.69) is 23.6 Å². The van der Waals surface area contributed by atoms with Crippen molar-refractivity contribution >= 4 is 23.5 Å². The molecule has 0 bridgehead atoms. The molecule has 6 heteroatoms. The first-order valence-electron chi connectivity index (χ1n) is 9.37. The number of hydrogen-bond acceptors (Lipinski definition) is 5. The van der Waals surface area contributed by atoms with Gasteiger partial charge in [-0.3, -0.25) is 4.79 Å². The first-order chi connectivity index (χ1) is 12.3. The van der Waals surface area contributed by atoms with Crippen LogP contribution in [0.25, 0.3) is 0 Å². The van der Waals surface area contributed by atoms with Gasteiger partial charge in [0.25, 0.3) is 5.91 Å². The number of aromatic nitrogens is 1. The molecule has 2 fully saturated rings. The third kappa shape index (κ3) is 5.11. The lowest BCUT2D eigenvalue weighted by Gasteiger charge is -2.28. The Balaban J connectivity index is 1.74. The van der Waals surface area contributed by atoms with Gasteiger partial charge in [0.05, 0.1) is 5.56 Å². The fourth-order valence-electron chi connectivity index (χ4n) is 3.17. The lowest BCUT2D eigenvalue weighted by molar-refractivity contribution is 0.0695. The first-order valence-corrected chi connectivity index (χ1v) is 10.4. The molecule has 1 radical (unpaired) electrons. The summed E-state index contributed by atoms with van der Waals surface area (Å²) in [5.74, 6) is 1.95. The van der Waals surface area contributed by atoms with Gasteiger partial charge in [-0.05, 0) is 56.4 Å². The Hall–Kier alpha value is -1.27. The third-order valence-electron chi connectivity index (χ3n) is 4.60. The Labute approximate surface area is 154 Å². The molecule has 0 spiro atoms. The molecule has 1 aromatic heterocycles. The second kappa shape index (κ2) is 9.43. The number of piperidine rings is 1. The molecule has 2 aliphatic heterocycles. The van der Waals surface area contributed by atoms with E-state index in [1.165, 1.54) is 12.8 Å². The first kappa shape index (κ1) is 18.5. The Morgan fingerprint density at radius 1 is 1.40 bits per heavy atom. The molecule has 1 amide bonds. The average Bonchev–Trinajstić information content (AvgIpc) is 2.67. The number of thioether (sulfide) groups is 1. The van der Waals surface area contributed by atoms with Crippen LogP contribution in [0.15, 0.2) is 17.2 Å². The molecule has 25 heavy (non-hydrogen) atoms. The zero-order valence-electron chi connectivity index (χ0n) is 15.0. The topological polar surface area (TPSA) is 54.5 Å². The standard InChI is InChI=1S/C19H28N3O2S/c1-2-14-25-19-16(18(23)20-15-8-12-24-13-9-15)6-7-17(21-19)22-10-4-3-5-11-22/h4,6-7,15H,2-3,5,8-14H2,1H3,(H,20,23). The molecule has 137 valence electrons. The molecule has 1 N–H and O–H groups in total. The van der Waals surface area contributed by atoms with Crippen LogP contribution in [0.1, 0.15) is 49.4 Å². The number of nitrogens with one attached hydrogen (secondary N) is 1. The van der Waals surface area contributed by atoms with E-state index in [0.717, 1.165) is 62.2 Å². The van der Waals surface area contributed by atoms with Gasteiger partial charge in [0.15, 0.2) is 0 Å². The molecule has 0 aromatic carbocycles. The van der Waals surface area contributed by atoms with E-state index in [-0.39, 0.29) is 11.9 Å². The quantitative estimate of drug-likeness (QED) is 0.787. The summed E-state index contributed by atoms with van der Waals surface area (Å²) in [6, 6.07) is 4.15. The molecule has 0 aliphatic carbocycles. The van der Waals surface area contributed by atoms with Crippen molar-refractivity contribution < 1.29 is 9.53 Å². The van der Waals surface area contributed by atoms with Crippen molar-refractivity contribution in [3.63, 3.8) is 0 Å². The van der Waals surface area contributed by atoms with E-state index in [1.807, 2.05) is 12.1 Å². The Kier molecular flexibility index (Phi) is 6.99. The minimum absolute atomic E-state index is 0.00485. The molecular weight excluding hydrogens is 334 g/mol. The fourth-order valence-corrected chi connectivity index (χ4v) is 4.04. The van der Waals surface area contributed by atoms with Crippen LogP contribution >= 0.6 is 11.8 Å². The van der Waals surface area contributed by atoms with Crippen LogP contribution in [0.3, 0.4) is 0 Å². The number of pyridine rings is 1. The highest BCUT2D eigenvalue weighted by molar-refractivity contribution is 7.99. The van der Waals surface area contributed by atoms with Gasteiger partial charge in [0.2, 0.25) is 0 Å². The molecule has 2 saturated heterocycles. The van der Waals surface area contributed by atoms with Crippen LogP contribution in [-0.4, -0.2) is 49.0 Å². The Morgan fingerprint density at radius 2 is 2.24 bits per heavy atom. The van der Waals surface area contributed by atoms with Gasteiger partial charge < -0.3 is 15.0 Å². The van der Waals surface area contributed by atoms with Gasteiger partial charge >= 0.3 is 0 Å². The predicted octanol–water partition coefficient (Wildman–Crippen LogP) is 3.30. The lowest BCUT2D eigenvalue weighted by atomic mass is 10.1. The minimum atomic E-state index is -0.00485. The normalized spacial score (nSPS) is 19.0. The molecule has 1 aromatic rings. The maximum atomic E-state index is 12.8. The number of hydrogen-bond donors (Lipinski definition) is 1. The molecule has 0 unspecified atom stereocenters. The monoisotopic (exact) mass is 362 g/mol. The number of rotatable bonds is 6. The highest BCUT2D eigenvalue weighted by Crippen LogP contribution is 2.26. The molecule has 2 aliphatic rings. The van der Waals surface area contributed by atoms with Crippen LogP contribution in [0.2, 0.25) is 0 Å². The molecule has 0 atom stereocenters. The van der Waals surface area contributed by atoms with Crippen molar-refractivity contribution in [2.45, 2.75) is 50.1 Å². The summed E-state index contributed by atoms with van der Waals surface area (Å²) in [5.41, 5.74) is 0.703. The van der Waals surface area contributed by atoms with Crippen LogP contribution < -0.4 is 10.2 Å². The minimum Gasteiger partial charge on any atom is -0.381 e. The van der Waals surface area contributed by atoms with Gasteiger partial charge in [-0.2, -0.15) is 0 Å². The molecule has 5 nitrogen and oxygen atoms in total. The maximum Gasteiger partial charge on any atom is 0.254 e. The molecule has 0 saturated carbocycles. The highest BCUT2D eigenvalue weighted by atomic mass is 32.2. The van der Waals surface area contributed by atoms with E-state index in [1.54, 1.807) is 11.8 Å². The van der Waals surface area contributed by atoms with Crippen LogP contribution in [0.4, 0.5) is 5.82 Å². The maximum absolute atomic E-state index is 12.8. The van der Waals surface area contributed by atoms with Crippen LogP contribution in [-0.2, 0) is 4.74 Å². The fraction of sp³-hybridized carbons (Fsp3) is 0.632. The summed E-state index contributed by atoms with van der Waals surface area (Å²) in [7, 11) is 0. The van der Waals surface area contributed by atoms with Gasteiger partial charge in [-0.25, -0.2) is 4.98 Å². The van der Waals surface area contributed by atoms with Crippen molar-refractivity contribution in [3.8, 4) is 0 Å². The number of anilines is 1. The number of ether oxygens (including phenoxy) is 1. The molecular formula is C19H28N3O2S. The Morgan fingerprint density at radius 3 is 2.96 bits per heavy atom. The number of carbonyl (C=O) groups excluding carboxylic acids is 1. The molecule has 3 rings (SSSR count). The van der Waals surface area contributed by atoms with Crippen molar-refractivity contribution in [2.75, 3.05) is 37.0 Å². The van der Waals surface area contributed by atoms with E-state index in [0.29, 0.717) is 5.56 Å². The molecule has 3 heterocycles. The van der Waals surface area contributed by atoms with E-state index in [4.69, 9.17) is 9.72 Å². The number of nitrogens with zero attached hydrogens (tertiary/aromatic N) is 2. The summed E-state index contributed by atoms with van der Waals surface area (Å²) in [5, 5.41) is 4.01. The number of amides is 1. The second-order valence-corrected chi connectivity index (χ2v) is 7.69. The van der Waals surface area contributed by atoms with E-state index < -0.39 is 0 Å². The van der Waals surface area contributed by atoms with Crippen molar-refractivity contribution in [2.24, 2.45) is 0 Å². The third-order valence-corrected chi connectivity index (χ3v) is 5.80. The predicted molar refractivity (Wildman–Crippen MR) is 102 cm³/mol. The zero-order valence-corrected chi connectivity index (χ0v) is 15.8. The number of carbonyl (C=O) groups is 1. The Bertz CT molecular complexity index is 570.